The molecule has 2 aromatic heterocycles. The average Bonchev–Trinajstić information content (AvgIpc) is 3.10. The molecular weight excluding hydrogens is 454 g/mol. The van der Waals surface area contributed by atoms with Gasteiger partial charge in [0, 0.05) is 34.8 Å². The van der Waals surface area contributed by atoms with Crippen LogP contribution in [0.15, 0.2) is 109 Å². The maximum Gasteiger partial charge on any atom is 0.143 e. The molecule has 0 amide bonds. The van der Waals surface area contributed by atoms with Gasteiger partial charge in [0.2, 0.25) is 0 Å². The first kappa shape index (κ1) is 23.0. The summed E-state index contributed by atoms with van der Waals surface area (Å²) in [7, 11) is 0. The molecule has 0 fully saturated rings. The lowest BCUT2D eigenvalue weighted by Gasteiger charge is -2.27. The van der Waals surface area contributed by atoms with Gasteiger partial charge in [0.15, 0.2) is 0 Å². The molecule has 0 aliphatic carbocycles. The van der Waals surface area contributed by atoms with Crippen LogP contribution in [0.1, 0.15) is 31.9 Å². The van der Waals surface area contributed by atoms with E-state index in [1.54, 1.807) is 0 Å². The number of benzene rings is 3. The zero-order valence-electron chi connectivity index (χ0n) is 21.3. The van der Waals surface area contributed by atoms with Gasteiger partial charge in [-0.15, -0.1) is 0 Å². The second-order valence-corrected chi connectivity index (χ2v) is 10.4. The molecular formula is C33H29N3O. The minimum Gasteiger partial charge on any atom is -0.487 e. The smallest absolute Gasteiger partial charge is 0.143 e. The molecule has 0 atom stereocenters. The Kier molecular flexibility index (Phi) is 5.72. The maximum atomic E-state index is 6.34. The summed E-state index contributed by atoms with van der Waals surface area (Å²) in [4.78, 5) is 11.6. The van der Waals surface area contributed by atoms with Crippen molar-refractivity contribution in [3.8, 4) is 28.3 Å². The standard InChI is InChI=1S/C33H29N3O/c1-33(2,3)26-16-18-35-29(21-26)24-14-15-32-31(20-24)36(30-13-5-4-9-25(30)22-37-32)27-11-8-10-23(19-27)28-12-6-7-17-34-28/h4-21H,22H2,1-3H3. The van der Waals surface area contributed by atoms with Crippen LogP contribution in [-0.4, -0.2) is 9.97 Å². The molecule has 3 heterocycles. The van der Waals surface area contributed by atoms with Gasteiger partial charge in [0.1, 0.15) is 12.4 Å². The van der Waals surface area contributed by atoms with Gasteiger partial charge in [-0.3, -0.25) is 9.97 Å². The first-order valence-corrected chi connectivity index (χ1v) is 12.6. The molecule has 4 heteroatoms. The Morgan fingerprint density at radius 2 is 1.49 bits per heavy atom. The Hall–Kier alpha value is -4.44. The fourth-order valence-corrected chi connectivity index (χ4v) is 4.78. The lowest BCUT2D eigenvalue weighted by Crippen LogP contribution is -2.12. The first-order chi connectivity index (χ1) is 18.0. The van der Waals surface area contributed by atoms with E-state index in [4.69, 9.17) is 9.72 Å². The number of rotatable bonds is 3. The topological polar surface area (TPSA) is 38.2 Å². The van der Waals surface area contributed by atoms with Gasteiger partial charge in [-0.25, -0.2) is 0 Å². The van der Waals surface area contributed by atoms with Crippen molar-refractivity contribution in [2.45, 2.75) is 32.8 Å². The third-order valence-electron chi connectivity index (χ3n) is 6.80. The quantitative estimate of drug-likeness (QED) is 0.258. The van der Waals surface area contributed by atoms with E-state index in [1.807, 2.05) is 30.6 Å². The maximum absolute atomic E-state index is 6.34. The van der Waals surface area contributed by atoms with Gasteiger partial charge in [-0.2, -0.15) is 0 Å². The van der Waals surface area contributed by atoms with Crippen LogP contribution < -0.4 is 9.64 Å². The SMILES string of the molecule is CC(C)(C)c1ccnc(-c2ccc3c(c2)N(c2cccc(-c4ccccn4)c2)c2ccccc2CO3)c1. The van der Waals surface area contributed by atoms with Crippen LogP contribution >= 0.6 is 0 Å². The van der Waals surface area contributed by atoms with E-state index in [-0.39, 0.29) is 5.41 Å². The van der Waals surface area contributed by atoms with E-state index < -0.39 is 0 Å². The number of fused-ring (bicyclic) bond motifs is 2. The molecule has 6 rings (SSSR count). The van der Waals surface area contributed by atoms with Gasteiger partial charge in [0.25, 0.3) is 0 Å². The number of aromatic nitrogens is 2. The van der Waals surface area contributed by atoms with Gasteiger partial charge >= 0.3 is 0 Å². The number of ether oxygens (including phenoxy) is 1. The van der Waals surface area contributed by atoms with Gasteiger partial charge in [0.05, 0.1) is 22.8 Å². The van der Waals surface area contributed by atoms with Crippen molar-refractivity contribution in [3.63, 3.8) is 0 Å². The Labute approximate surface area is 218 Å². The number of nitrogens with zero attached hydrogens (tertiary/aromatic N) is 3. The Bertz CT molecular complexity index is 1570. The predicted octanol–water partition coefficient (Wildman–Crippen LogP) is 8.47. The number of pyridine rings is 2. The molecule has 37 heavy (non-hydrogen) atoms. The monoisotopic (exact) mass is 483 g/mol. The summed E-state index contributed by atoms with van der Waals surface area (Å²) in [6, 6.07) is 33.6. The number of anilines is 3. The highest BCUT2D eigenvalue weighted by Gasteiger charge is 2.24. The molecule has 0 radical (unpaired) electrons. The minimum atomic E-state index is 0.0450. The zero-order valence-corrected chi connectivity index (χ0v) is 21.3. The van der Waals surface area contributed by atoms with Crippen LogP contribution in [0.5, 0.6) is 5.75 Å². The van der Waals surface area contributed by atoms with Crippen molar-refractivity contribution in [2.75, 3.05) is 4.90 Å². The summed E-state index contributed by atoms with van der Waals surface area (Å²) >= 11 is 0. The third-order valence-corrected chi connectivity index (χ3v) is 6.80. The summed E-state index contributed by atoms with van der Waals surface area (Å²) < 4.78 is 6.34. The van der Waals surface area contributed by atoms with E-state index in [9.17, 15) is 0 Å². The van der Waals surface area contributed by atoms with E-state index >= 15 is 0 Å². The van der Waals surface area contributed by atoms with Crippen LogP contribution in [0.2, 0.25) is 0 Å². The zero-order chi connectivity index (χ0) is 25.4. The number of para-hydroxylation sites is 1. The Morgan fingerprint density at radius 1 is 0.676 bits per heavy atom. The Morgan fingerprint density at radius 3 is 2.32 bits per heavy atom. The molecule has 0 spiro atoms. The average molecular weight is 484 g/mol. The normalized spacial score (nSPS) is 12.8. The second kappa shape index (κ2) is 9.21. The summed E-state index contributed by atoms with van der Waals surface area (Å²) in [6.07, 6.45) is 3.73. The highest BCUT2D eigenvalue weighted by Crippen LogP contribution is 2.46. The van der Waals surface area contributed by atoms with E-state index in [2.05, 4.69) is 110 Å². The van der Waals surface area contributed by atoms with Crippen LogP contribution in [0.4, 0.5) is 17.1 Å². The molecule has 4 nitrogen and oxygen atoms in total. The van der Waals surface area contributed by atoms with Crippen molar-refractivity contribution in [2.24, 2.45) is 0 Å². The van der Waals surface area contributed by atoms with E-state index in [0.717, 1.165) is 50.9 Å². The summed E-state index contributed by atoms with van der Waals surface area (Å²) in [6.45, 7) is 7.19. The van der Waals surface area contributed by atoms with Crippen LogP contribution in [0.25, 0.3) is 22.5 Å². The molecule has 0 bridgehead atoms. The van der Waals surface area contributed by atoms with Crippen LogP contribution in [0, 0.1) is 0 Å². The fraction of sp³-hybridized carbons (Fsp3) is 0.152. The van der Waals surface area contributed by atoms with Crippen molar-refractivity contribution in [3.05, 3.63) is 121 Å². The van der Waals surface area contributed by atoms with Crippen LogP contribution in [-0.2, 0) is 12.0 Å². The molecule has 3 aromatic carbocycles. The molecule has 1 aliphatic heterocycles. The molecule has 182 valence electrons. The molecule has 0 saturated carbocycles. The van der Waals surface area contributed by atoms with Crippen molar-refractivity contribution in [1.82, 2.24) is 9.97 Å². The summed E-state index contributed by atoms with van der Waals surface area (Å²) in [5.41, 5.74) is 9.61. The van der Waals surface area contributed by atoms with E-state index in [0.29, 0.717) is 6.61 Å². The third kappa shape index (κ3) is 4.47. The minimum absolute atomic E-state index is 0.0450. The largest absolute Gasteiger partial charge is 0.487 e. The highest BCUT2D eigenvalue weighted by atomic mass is 16.5. The van der Waals surface area contributed by atoms with Gasteiger partial charge in [-0.1, -0.05) is 57.2 Å². The van der Waals surface area contributed by atoms with Gasteiger partial charge < -0.3 is 9.64 Å². The molecule has 1 aliphatic rings. The summed E-state index contributed by atoms with van der Waals surface area (Å²) in [5, 5.41) is 0. The van der Waals surface area contributed by atoms with E-state index in [1.165, 1.54) is 5.56 Å². The number of hydrogen-bond acceptors (Lipinski definition) is 4. The molecule has 5 aromatic rings. The highest BCUT2D eigenvalue weighted by molar-refractivity contribution is 5.86. The fourth-order valence-electron chi connectivity index (χ4n) is 4.78. The second-order valence-electron chi connectivity index (χ2n) is 10.4. The van der Waals surface area contributed by atoms with Crippen molar-refractivity contribution < 1.29 is 4.74 Å². The lowest BCUT2D eigenvalue weighted by molar-refractivity contribution is 0.310. The molecule has 0 N–H and O–H groups in total. The van der Waals surface area contributed by atoms with Gasteiger partial charge in [-0.05, 0) is 71.6 Å². The summed E-state index contributed by atoms with van der Waals surface area (Å²) in [5.74, 6) is 0.843. The van der Waals surface area contributed by atoms with Crippen molar-refractivity contribution >= 4 is 17.1 Å². The van der Waals surface area contributed by atoms with Crippen LogP contribution in [0.3, 0.4) is 0 Å². The lowest BCUT2D eigenvalue weighted by atomic mass is 9.87. The molecule has 0 saturated heterocycles. The molecule has 0 unspecified atom stereocenters. The predicted molar refractivity (Wildman–Crippen MR) is 151 cm³/mol. The van der Waals surface area contributed by atoms with Crippen molar-refractivity contribution in [1.29, 1.82) is 0 Å². The first-order valence-electron chi connectivity index (χ1n) is 12.6. The number of hydrogen-bond donors (Lipinski definition) is 0. The Balaban J connectivity index is 1.53.